The Morgan fingerprint density at radius 3 is 1.63 bits per heavy atom. The van der Waals surface area contributed by atoms with Gasteiger partial charge in [0.2, 0.25) is 18.0 Å². The molecule has 0 spiro atoms. The van der Waals surface area contributed by atoms with Gasteiger partial charge >= 0.3 is 30.9 Å². The predicted molar refractivity (Wildman–Crippen MR) is 216 cm³/mol. The highest BCUT2D eigenvalue weighted by atomic mass is 32.7. The molecule has 18 nitrogen and oxygen atoms in total. The highest BCUT2D eigenvalue weighted by Gasteiger charge is 2.81. The number of fused-ring (bicyclic) bond motifs is 4. The lowest BCUT2D eigenvalue weighted by molar-refractivity contribution is -0.137. The van der Waals surface area contributed by atoms with Gasteiger partial charge < -0.3 is 20.1 Å². The maximum absolute atomic E-state index is 16.9. The quantitative estimate of drug-likeness (QED) is 0.121. The molecule has 3 aliphatic heterocycles. The lowest BCUT2D eigenvalue weighted by Gasteiger charge is -2.31. The summed E-state index contributed by atoms with van der Waals surface area (Å²) in [5, 5.41) is 5.16. The fourth-order valence-electron chi connectivity index (χ4n) is 7.95. The minimum absolute atomic E-state index is 0.0466. The van der Waals surface area contributed by atoms with Gasteiger partial charge in [0.05, 0.1) is 13.2 Å². The second kappa shape index (κ2) is 18.6. The van der Waals surface area contributed by atoms with E-state index in [9.17, 15) is 28.3 Å². The molecular weight excluding hydrogens is 879 g/mol. The molecule has 2 amide bonds. The summed E-state index contributed by atoms with van der Waals surface area (Å²) in [6.45, 7) is -3.69. The van der Waals surface area contributed by atoms with E-state index in [2.05, 4.69) is 45.1 Å². The summed E-state index contributed by atoms with van der Waals surface area (Å²) in [5.74, 6) is -5.75. The summed E-state index contributed by atoms with van der Waals surface area (Å²) < 4.78 is 110. The van der Waals surface area contributed by atoms with Crippen LogP contribution in [-0.2, 0) is 46.3 Å². The fourth-order valence-corrected chi connectivity index (χ4v) is 10.9. The lowest BCUT2D eigenvalue weighted by atomic mass is 9.97. The van der Waals surface area contributed by atoms with Crippen molar-refractivity contribution in [3.8, 4) is 0 Å². The molecule has 2 N–H and O–H groups in total. The molecule has 1 saturated carbocycles. The number of hydrogen-bond donors (Lipinski definition) is 4. The second-order valence-corrected chi connectivity index (χ2v) is 20.9. The van der Waals surface area contributed by atoms with Crippen molar-refractivity contribution in [3.05, 3.63) is 45.5 Å². The van der Waals surface area contributed by atoms with Crippen LogP contribution >= 0.6 is 38.1 Å². The van der Waals surface area contributed by atoms with Crippen LogP contribution in [0.25, 0.3) is 0 Å². The maximum Gasteiger partial charge on any atom is 0.386 e. The molecule has 4 unspecified atom stereocenters. The van der Waals surface area contributed by atoms with Gasteiger partial charge in [0.25, 0.3) is 0 Å². The van der Waals surface area contributed by atoms with Gasteiger partial charge in [-0.25, -0.2) is 23.1 Å². The fraction of sp³-hybridized carbons (Fsp3) is 0.714. The van der Waals surface area contributed by atoms with E-state index in [1.165, 1.54) is 12.3 Å². The van der Waals surface area contributed by atoms with E-state index in [4.69, 9.17) is 27.6 Å². The van der Waals surface area contributed by atoms with Crippen molar-refractivity contribution in [1.29, 1.82) is 0 Å². The summed E-state index contributed by atoms with van der Waals surface area (Å²) in [7, 11) is 0. The van der Waals surface area contributed by atoms with E-state index >= 15 is 13.2 Å². The Kier molecular flexibility index (Phi) is 14.6. The van der Waals surface area contributed by atoms with E-state index in [0.717, 1.165) is 42.5 Å². The minimum atomic E-state index is -4.80. The van der Waals surface area contributed by atoms with Gasteiger partial charge in [-0.1, -0.05) is 77.9 Å². The third-order valence-electron chi connectivity index (χ3n) is 10.8. The molecule has 60 heavy (non-hydrogen) atoms. The number of thiol groups is 2. The molecular formula is C35H49F3N6O12P2S2. The zero-order valence-corrected chi connectivity index (χ0v) is 36.8. The van der Waals surface area contributed by atoms with E-state index in [-0.39, 0.29) is 35.3 Å². The van der Waals surface area contributed by atoms with Crippen LogP contribution in [0.2, 0.25) is 0 Å². The molecule has 25 heteroatoms. The number of anilines is 2. The van der Waals surface area contributed by atoms with Gasteiger partial charge in [0, 0.05) is 24.2 Å². The van der Waals surface area contributed by atoms with Crippen LogP contribution in [0, 0.1) is 11.8 Å². The number of rotatable bonds is 14. The summed E-state index contributed by atoms with van der Waals surface area (Å²) in [6, 6.07) is 1.04. The van der Waals surface area contributed by atoms with Crippen molar-refractivity contribution >= 4 is 61.5 Å². The Balaban J connectivity index is 1.19. The molecule has 6 rings (SSSR count). The summed E-state index contributed by atoms with van der Waals surface area (Å²) >= 11 is 7.82. The van der Waals surface area contributed by atoms with Crippen molar-refractivity contribution < 1.29 is 59.5 Å². The standard InChI is InChI=1S/C35H49F3N6O12P2S2/c1-5-9-19(10-6-2)29(45)39-23-13-15-43(32(47)41-23)25-28-34(25,36)26-21(53-28)17-51-58(50,60)56-27-22(18-52-57(49,59)55-26)54-31(35(27,37)38)44-16-14-24(42-33(44)48)40-30(46)20(11-7-3)12-8-4/h13-16,19-22,25-28,31H,5-12,17-18H2,1-4H3,(H,49,59)(H,50,60)(H,39,41,45,47)(H,40,42,46,48)/t21-,22-,25-,26?,27?,28?,31-,34?,57-,58-/m1/s1. The molecule has 0 radical (unpaired) electrons. The largest absolute Gasteiger partial charge is 0.386 e. The van der Waals surface area contributed by atoms with Crippen LogP contribution < -0.4 is 22.0 Å². The van der Waals surface area contributed by atoms with Crippen molar-refractivity contribution in [2.45, 2.75) is 133 Å². The first-order valence-corrected chi connectivity index (χ1v) is 25.2. The molecule has 2 aromatic heterocycles. The van der Waals surface area contributed by atoms with Gasteiger partial charge in [-0.15, -0.1) is 0 Å². The number of alkyl halides is 3. The van der Waals surface area contributed by atoms with Crippen LogP contribution in [-0.4, -0.2) is 86.2 Å². The van der Waals surface area contributed by atoms with Crippen LogP contribution in [0.3, 0.4) is 0 Å². The summed E-state index contributed by atoms with van der Waals surface area (Å²) in [6.07, 6.45) is -4.13. The monoisotopic (exact) mass is 928 g/mol. The smallest absolute Gasteiger partial charge is 0.364 e. The number of aromatic nitrogens is 4. The summed E-state index contributed by atoms with van der Waals surface area (Å²) in [4.78, 5) is 59.5. The molecule has 10 atom stereocenters. The number of nitrogens with one attached hydrogen (secondary N) is 2. The van der Waals surface area contributed by atoms with E-state index < -0.39 is 92.6 Å². The third kappa shape index (κ3) is 9.80. The first-order valence-electron chi connectivity index (χ1n) is 19.8. The molecule has 4 fully saturated rings. The minimum Gasteiger partial charge on any atom is -0.364 e. The van der Waals surface area contributed by atoms with Crippen LogP contribution in [0.1, 0.15) is 91.3 Å². The Hall–Kier alpha value is -2.59. The lowest BCUT2D eigenvalue weighted by Crippen LogP contribution is -2.44. The molecule has 1 aliphatic carbocycles. The topological polar surface area (TPSA) is 218 Å². The van der Waals surface area contributed by atoms with Crippen molar-refractivity contribution in [2.75, 3.05) is 23.8 Å². The highest BCUT2D eigenvalue weighted by molar-refractivity contribution is 8.44. The Labute approximate surface area is 353 Å². The molecule has 0 bridgehead atoms. The number of hydrogen-bond acceptors (Lipinski definition) is 14. The third-order valence-corrected chi connectivity index (χ3v) is 14.0. The van der Waals surface area contributed by atoms with Crippen LogP contribution in [0.5, 0.6) is 0 Å². The average molecular weight is 929 g/mol. The zero-order chi connectivity index (χ0) is 43.8. The highest BCUT2D eigenvalue weighted by Crippen LogP contribution is 2.68. The number of amides is 2. The SMILES string of the molecule is CCCC(CCC)C(=O)Nc1ccn([C@@H]2O[C@@H]3CO[P@@](=O)(S)OC4[C@@H](CO[P@@](=O)(S)OC3C2(F)F)OC2[C@@H](n3ccc(NC(=O)C(CCC)CCC)nc3=O)C42F)c(=O)n1. The van der Waals surface area contributed by atoms with Gasteiger partial charge in [-0.2, -0.15) is 18.7 Å². The maximum atomic E-state index is 16.9. The van der Waals surface area contributed by atoms with Gasteiger partial charge in [-0.05, 0) is 37.8 Å². The van der Waals surface area contributed by atoms with E-state index in [0.29, 0.717) is 30.3 Å². The number of ether oxygens (including phenoxy) is 2. The number of halogens is 3. The first kappa shape index (κ1) is 46.9. The van der Waals surface area contributed by atoms with E-state index in [1.807, 2.05) is 27.7 Å². The molecule has 4 aliphatic rings. The van der Waals surface area contributed by atoms with Crippen LogP contribution in [0.4, 0.5) is 24.8 Å². The van der Waals surface area contributed by atoms with Gasteiger partial charge in [-0.3, -0.25) is 36.8 Å². The number of carbonyl (C=O) groups excluding carboxylic acids is 2. The molecule has 0 aromatic carbocycles. The molecule has 3 saturated heterocycles. The first-order chi connectivity index (χ1) is 28.3. The van der Waals surface area contributed by atoms with Crippen LogP contribution in [0.15, 0.2) is 34.1 Å². The van der Waals surface area contributed by atoms with Gasteiger partial charge in [0.1, 0.15) is 42.1 Å². The van der Waals surface area contributed by atoms with E-state index in [1.54, 1.807) is 0 Å². The Morgan fingerprint density at radius 2 is 1.18 bits per heavy atom. The van der Waals surface area contributed by atoms with Crippen molar-refractivity contribution in [3.63, 3.8) is 0 Å². The Morgan fingerprint density at radius 1 is 0.750 bits per heavy atom. The normalized spacial score (nSPS) is 33.6. The number of carbonyl (C=O) groups is 2. The Bertz CT molecular complexity index is 2130. The molecule has 5 heterocycles. The van der Waals surface area contributed by atoms with Crippen molar-refractivity contribution in [1.82, 2.24) is 19.1 Å². The predicted octanol–water partition coefficient (Wildman–Crippen LogP) is 6.27. The zero-order valence-electron chi connectivity index (χ0n) is 33.2. The second-order valence-electron chi connectivity index (χ2n) is 15.2. The molecule has 2 aromatic rings. The summed E-state index contributed by atoms with van der Waals surface area (Å²) in [5.41, 5.74) is -4.79. The molecule has 334 valence electrons. The van der Waals surface area contributed by atoms with Crippen molar-refractivity contribution in [2.24, 2.45) is 11.8 Å². The average Bonchev–Trinajstić information content (AvgIpc) is 3.54. The number of nitrogens with zero attached hydrogens (tertiary/aromatic N) is 4. The van der Waals surface area contributed by atoms with Gasteiger partial charge in [0.15, 0.2) is 11.8 Å².